The fraction of sp³-hybridized carbons (Fsp3) is 0.448. The van der Waals surface area contributed by atoms with Crippen LogP contribution in [0.4, 0.5) is 10.2 Å². The fourth-order valence-electron chi connectivity index (χ4n) is 7.62. The highest BCUT2D eigenvalue weighted by Crippen LogP contribution is 2.43. The lowest BCUT2D eigenvalue weighted by molar-refractivity contribution is 0.192. The third kappa shape index (κ3) is 3.63. The van der Waals surface area contributed by atoms with E-state index in [-0.39, 0.29) is 22.5 Å². The van der Waals surface area contributed by atoms with Crippen LogP contribution in [-0.4, -0.2) is 74.0 Å². The van der Waals surface area contributed by atoms with Gasteiger partial charge in [0.1, 0.15) is 22.8 Å². The molecule has 8 rings (SSSR count). The smallest absolute Gasteiger partial charge is 0.179 e. The number of hydrogen-bond donors (Lipinski definition) is 2. The molecule has 2 bridgehead atoms. The highest BCUT2D eigenvalue weighted by molar-refractivity contribution is 6.36. The van der Waals surface area contributed by atoms with E-state index in [0.29, 0.717) is 57.0 Å². The molecule has 2 aromatic heterocycles. The summed E-state index contributed by atoms with van der Waals surface area (Å²) in [6.07, 6.45) is 6.35. The van der Waals surface area contributed by atoms with E-state index >= 15 is 4.39 Å². The number of aromatic nitrogens is 4. The van der Waals surface area contributed by atoms with Gasteiger partial charge in [0.25, 0.3) is 0 Å². The Kier molecular flexibility index (Phi) is 5.28. The van der Waals surface area contributed by atoms with Gasteiger partial charge in [-0.15, -0.1) is 10.2 Å². The Balaban J connectivity index is 1.33. The van der Waals surface area contributed by atoms with Gasteiger partial charge in [-0.3, -0.25) is 4.90 Å². The van der Waals surface area contributed by atoms with Crippen LogP contribution < -0.4 is 10.2 Å². The van der Waals surface area contributed by atoms with Crippen molar-refractivity contribution in [2.75, 3.05) is 31.1 Å². The Bertz CT molecular complexity index is 1640. The van der Waals surface area contributed by atoms with Crippen molar-refractivity contribution in [1.82, 2.24) is 30.4 Å². The number of phenols is 1. The highest BCUT2D eigenvalue weighted by Gasteiger charge is 2.45. The van der Waals surface area contributed by atoms with Crippen LogP contribution in [0.1, 0.15) is 37.9 Å². The minimum atomic E-state index is -0.564. The predicted molar refractivity (Wildman–Crippen MR) is 149 cm³/mol. The standard InChI is InChI=1S/C29H29ClFN7O/c30-21-5-1-4-16-10-19(39)12-20(23(16)21)25-24(31)26-27(36-35-25)28(38-15-17-11-18(38)14-32-17)34-22(33-26)13-29-6-2-8-37(29)9-3-7-29/h1,4-5,10,12,17-18,32,39H,2-3,6-9,11,13-15H2/t17-,18-/m1/s1. The molecular formula is C29H29ClFN7O. The van der Waals surface area contributed by atoms with Crippen molar-refractivity contribution in [3.8, 4) is 17.0 Å². The molecule has 2 N–H and O–H groups in total. The van der Waals surface area contributed by atoms with E-state index in [0.717, 1.165) is 45.4 Å². The summed E-state index contributed by atoms with van der Waals surface area (Å²) in [4.78, 5) is 14.8. The lowest BCUT2D eigenvalue weighted by Gasteiger charge is -2.32. The molecule has 0 saturated carbocycles. The lowest BCUT2D eigenvalue weighted by Crippen LogP contribution is -2.44. The predicted octanol–water partition coefficient (Wildman–Crippen LogP) is 4.46. The van der Waals surface area contributed by atoms with Crippen molar-refractivity contribution in [1.29, 1.82) is 0 Å². The van der Waals surface area contributed by atoms with Gasteiger partial charge in [0.2, 0.25) is 0 Å². The number of nitrogens with one attached hydrogen (secondary N) is 1. The van der Waals surface area contributed by atoms with Gasteiger partial charge >= 0.3 is 0 Å². The molecule has 0 unspecified atom stereocenters. The van der Waals surface area contributed by atoms with Crippen molar-refractivity contribution >= 4 is 39.2 Å². The number of fused-ring (bicyclic) bond motifs is 5. The van der Waals surface area contributed by atoms with Crippen LogP contribution in [0.25, 0.3) is 33.1 Å². The second-order valence-corrected chi connectivity index (χ2v) is 12.0. The van der Waals surface area contributed by atoms with Crippen LogP contribution in [0.5, 0.6) is 5.75 Å². The number of anilines is 1. The maximum Gasteiger partial charge on any atom is 0.179 e. The van der Waals surface area contributed by atoms with Crippen LogP contribution in [0.15, 0.2) is 30.3 Å². The van der Waals surface area contributed by atoms with Gasteiger partial charge in [0.05, 0.1) is 0 Å². The molecular weight excluding hydrogens is 517 g/mol. The van der Waals surface area contributed by atoms with Gasteiger partial charge in [0, 0.05) is 53.1 Å². The molecule has 4 fully saturated rings. The van der Waals surface area contributed by atoms with E-state index in [2.05, 4.69) is 25.3 Å². The Labute approximate surface area is 230 Å². The Morgan fingerprint density at radius 3 is 2.72 bits per heavy atom. The fourth-order valence-corrected chi connectivity index (χ4v) is 7.91. The monoisotopic (exact) mass is 545 g/mol. The number of halogens is 2. The van der Waals surface area contributed by atoms with E-state index < -0.39 is 5.82 Å². The van der Waals surface area contributed by atoms with Crippen molar-refractivity contribution in [3.05, 3.63) is 47.0 Å². The molecule has 0 amide bonds. The third-order valence-electron chi connectivity index (χ3n) is 9.37. The first-order valence-electron chi connectivity index (χ1n) is 13.9. The summed E-state index contributed by atoms with van der Waals surface area (Å²) in [6.45, 7) is 3.91. The van der Waals surface area contributed by atoms with E-state index in [9.17, 15) is 5.11 Å². The number of aromatic hydroxyl groups is 1. The van der Waals surface area contributed by atoms with E-state index in [1.165, 1.54) is 18.9 Å². The molecule has 10 heteroatoms. The molecule has 6 heterocycles. The number of nitrogens with zero attached hydrogens (tertiary/aromatic N) is 6. The van der Waals surface area contributed by atoms with Gasteiger partial charge in [-0.1, -0.05) is 23.7 Å². The first kappa shape index (κ1) is 23.7. The second kappa shape index (κ2) is 8.68. The summed E-state index contributed by atoms with van der Waals surface area (Å²) in [5.41, 5.74) is 1.04. The van der Waals surface area contributed by atoms with E-state index in [4.69, 9.17) is 21.6 Å². The molecule has 8 nitrogen and oxygen atoms in total. The number of piperazine rings is 1. The van der Waals surface area contributed by atoms with E-state index in [1.54, 1.807) is 18.2 Å². The van der Waals surface area contributed by atoms with Gasteiger partial charge < -0.3 is 15.3 Å². The summed E-state index contributed by atoms with van der Waals surface area (Å²) in [6, 6.07) is 9.19. The van der Waals surface area contributed by atoms with Gasteiger partial charge in [-0.2, -0.15) is 0 Å². The number of hydrogen-bond acceptors (Lipinski definition) is 8. The zero-order valence-electron chi connectivity index (χ0n) is 21.5. The maximum atomic E-state index is 16.6. The van der Waals surface area contributed by atoms with Gasteiger partial charge in [-0.25, -0.2) is 14.4 Å². The van der Waals surface area contributed by atoms with Crippen LogP contribution >= 0.6 is 11.6 Å². The number of phenolic OH excluding ortho intramolecular Hbond substituents is 1. The summed E-state index contributed by atoms with van der Waals surface area (Å²) in [7, 11) is 0. The Morgan fingerprint density at radius 2 is 1.95 bits per heavy atom. The maximum absolute atomic E-state index is 16.6. The summed E-state index contributed by atoms with van der Waals surface area (Å²) < 4.78 is 16.6. The zero-order chi connectivity index (χ0) is 26.3. The Hall–Kier alpha value is -3.14. The average Bonchev–Trinajstić information content (AvgIpc) is 3.70. The normalized spacial score (nSPS) is 23.9. The molecule has 39 heavy (non-hydrogen) atoms. The van der Waals surface area contributed by atoms with Gasteiger partial charge in [-0.05, 0) is 68.8 Å². The SMILES string of the molecule is Oc1cc(-c2nnc3c(N4C[C@H]5C[C@@H]4CN5)nc(CC45CCCN4CCC5)nc3c2F)c2c(Cl)cccc2c1. The van der Waals surface area contributed by atoms with Crippen LogP contribution in [-0.2, 0) is 6.42 Å². The van der Waals surface area contributed by atoms with Crippen molar-refractivity contribution in [2.45, 2.75) is 56.1 Å². The molecule has 4 saturated heterocycles. The summed E-state index contributed by atoms with van der Waals surface area (Å²) in [5.74, 6) is 0.789. The van der Waals surface area contributed by atoms with Crippen molar-refractivity contribution in [2.24, 2.45) is 0 Å². The third-order valence-corrected chi connectivity index (χ3v) is 9.69. The average molecular weight is 546 g/mol. The Morgan fingerprint density at radius 1 is 1.10 bits per heavy atom. The molecule has 4 aliphatic heterocycles. The summed E-state index contributed by atoms with van der Waals surface area (Å²) in [5, 5.41) is 24.7. The molecule has 0 spiro atoms. The number of benzene rings is 2. The molecule has 2 aromatic carbocycles. The summed E-state index contributed by atoms with van der Waals surface area (Å²) >= 11 is 6.56. The molecule has 0 aliphatic carbocycles. The molecule has 2 atom stereocenters. The van der Waals surface area contributed by atoms with Crippen LogP contribution in [0.2, 0.25) is 5.02 Å². The first-order chi connectivity index (χ1) is 19.0. The number of rotatable bonds is 4. The largest absolute Gasteiger partial charge is 0.508 e. The second-order valence-electron chi connectivity index (χ2n) is 11.6. The van der Waals surface area contributed by atoms with E-state index in [1.807, 2.05) is 6.07 Å². The minimum Gasteiger partial charge on any atom is -0.508 e. The quantitative estimate of drug-likeness (QED) is 0.388. The molecule has 0 radical (unpaired) electrons. The molecule has 4 aliphatic rings. The molecule has 200 valence electrons. The first-order valence-corrected chi connectivity index (χ1v) is 14.3. The van der Waals surface area contributed by atoms with Crippen molar-refractivity contribution in [3.63, 3.8) is 0 Å². The topological polar surface area (TPSA) is 90.3 Å². The highest BCUT2D eigenvalue weighted by atomic mass is 35.5. The van der Waals surface area contributed by atoms with Gasteiger partial charge in [0.15, 0.2) is 17.2 Å². The molecule has 4 aromatic rings. The van der Waals surface area contributed by atoms with Crippen LogP contribution in [0, 0.1) is 5.82 Å². The van der Waals surface area contributed by atoms with Crippen LogP contribution in [0.3, 0.4) is 0 Å². The lowest BCUT2D eigenvalue weighted by atomic mass is 9.90. The van der Waals surface area contributed by atoms with Crippen molar-refractivity contribution < 1.29 is 9.50 Å². The zero-order valence-corrected chi connectivity index (χ0v) is 22.3. The minimum absolute atomic E-state index is 0.00683.